The molecule has 1 aromatic carbocycles. The Balaban J connectivity index is 1.75. The average Bonchev–Trinajstić information content (AvgIpc) is 2.85. The highest BCUT2D eigenvalue weighted by molar-refractivity contribution is 6.00. The molecule has 3 atom stereocenters. The molecule has 3 unspecified atom stereocenters. The first-order chi connectivity index (χ1) is 9.15. The van der Waals surface area contributed by atoms with Crippen LogP contribution in [-0.4, -0.2) is 17.9 Å². The molecule has 102 valence electrons. The van der Waals surface area contributed by atoms with Gasteiger partial charge in [0.05, 0.1) is 6.04 Å². The van der Waals surface area contributed by atoms with E-state index in [1.807, 2.05) is 0 Å². The largest absolute Gasteiger partial charge is 0.304 e. The van der Waals surface area contributed by atoms with Crippen molar-refractivity contribution < 1.29 is 9.18 Å². The summed E-state index contributed by atoms with van der Waals surface area (Å²) in [5.74, 6) is 0.396. The van der Waals surface area contributed by atoms with Gasteiger partial charge in [-0.15, -0.1) is 0 Å². The third-order valence-electron chi connectivity index (χ3n) is 4.64. The van der Waals surface area contributed by atoms with E-state index in [1.165, 1.54) is 31.7 Å². The lowest BCUT2D eigenvalue weighted by molar-refractivity contribution is 0.0948. The topological polar surface area (TPSA) is 29.1 Å². The van der Waals surface area contributed by atoms with E-state index >= 15 is 0 Å². The fraction of sp³-hybridized carbons (Fsp3) is 0.562. The zero-order valence-corrected chi connectivity index (χ0v) is 11.3. The second-order valence-electron chi connectivity index (χ2n) is 5.93. The molecule has 0 bridgehead atoms. The van der Waals surface area contributed by atoms with Gasteiger partial charge in [0.1, 0.15) is 5.82 Å². The SMILES string of the molecule is Cc1ccc(C(=O)C2CC3CCCCC3N2)cc1F. The molecule has 3 heteroatoms. The molecule has 19 heavy (non-hydrogen) atoms. The molecule has 1 saturated heterocycles. The number of carbonyl (C=O) groups is 1. The number of hydrogen-bond acceptors (Lipinski definition) is 2. The number of rotatable bonds is 2. The molecule has 0 spiro atoms. The van der Waals surface area contributed by atoms with Crippen molar-refractivity contribution in [1.82, 2.24) is 5.32 Å². The van der Waals surface area contributed by atoms with E-state index in [9.17, 15) is 9.18 Å². The zero-order valence-electron chi connectivity index (χ0n) is 11.3. The molecular weight excluding hydrogens is 241 g/mol. The highest BCUT2D eigenvalue weighted by Gasteiger charge is 2.38. The lowest BCUT2D eigenvalue weighted by Gasteiger charge is -2.24. The molecule has 1 aliphatic carbocycles. The summed E-state index contributed by atoms with van der Waals surface area (Å²) < 4.78 is 13.5. The lowest BCUT2D eigenvalue weighted by atomic mass is 9.84. The minimum absolute atomic E-state index is 0.0494. The van der Waals surface area contributed by atoms with Gasteiger partial charge < -0.3 is 5.32 Å². The summed E-state index contributed by atoms with van der Waals surface area (Å²) in [6.45, 7) is 1.71. The molecule has 2 aliphatic rings. The van der Waals surface area contributed by atoms with Gasteiger partial charge in [0.25, 0.3) is 0 Å². The van der Waals surface area contributed by atoms with E-state index in [0.717, 1.165) is 6.42 Å². The maximum atomic E-state index is 13.5. The van der Waals surface area contributed by atoms with Crippen LogP contribution in [0.3, 0.4) is 0 Å². The molecule has 1 aliphatic heterocycles. The summed E-state index contributed by atoms with van der Waals surface area (Å²) >= 11 is 0. The molecule has 1 heterocycles. The van der Waals surface area contributed by atoms with Gasteiger partial charge in [0, 0.05) is 11.6 Å². The van der Waals surface area contributed by atoms with E-state index in [4.69, 9.17) is 0 Å². The van der Waals surface area contributed by atoms with Crippen molar-refractivity contribution in [3.05, 3.63) is 35.1 Å². The maximum absolute atomic E-state index is 13.5. The Morgan fingerprint density at radius 1 is 1.32 bits per heavy atom. The predicted molar refractivity (Wildman–Crippen MR) is 72.8 cm³/mol. The Labute approximate surface area is 113 Å². The van der Waals surface area contributed by atoms with Crippen LogP contribution in [0.2, 0.25) is 0 Å². The van der Waals surface area contributed by atoms with Gasteiger partial charge >= 0.3 is 0 Å². The number of fused-ring (bicyclic) bond motifs is 1. The molecular formula is C16H20FNO. The second kappa shape index (κ2) is 5.04. The van der Waals surface area contributed by atoms with Gasteiger partial charge in [-0.05, 0) is 43.7 Å². The second-order valence-corrected chi connectivity index (χ2v) is 5.93. The van der Waals surface area contributed by atoms with Crippen LogP contribution in [0.4, 0.5) is 4.39 Å². The molecule has 1 N–H and O–H groups in total. The Morgan fingerprint density at radius 3 is 2.84 bits per heavy atom. The fourth-order valence-electron chi connectivity index (χ4n) is 3.47. The fourth-order valence-corrected chi connectivity index (χ4v) is 3.47. The summed E-state index contributed by atoms with van der Waals surface area (Å²) in [6.07, 6.45) is 5.86. The van der Waals surface area contributed by atoms with Gasteiger partial charge in [-0.2, -0.15) is 0 Å². The van der Waals surface area contributed by atoms with Crippen molar-refractivity contribution in [2.24, 2.45) is 5.92 Å². The van der Waals surface area contributed by atoms with Crippen LogP contribution < -0.4 is 5.32 Å². The first-order valence-electron chi connectivity index (χ1n) is 7.21. The Kier molecular flexibility index (Phi) is 3.40. The number of ketones is 1. The van der Waals surface area contributed by atoms with Crippen LogP contribution in [0.25, 0.3) is 0 Å². The minimum Gasteiger partial charge on any atom is -0.304 e. The Hall–Kier alpha value is -1.22. The summed E-state index contributed by atoms with van der Waals surface area (Å²) in [7, 11) is 0. The Morgan fingerprint density at radius 2 is 2.11 bits per heavy atom. The van der Waals surface area contributed by atoms with Gasteiger partial charge in [0.2, 0.25) is 0 Å². The van der Waals surface area contributed by atoms with Crippen LogP contribution in [0.1, 0.15) is 48.0 Å². The lowest BCUT2D eigenvalue weighted by Crippen LogP contribution is -2.37. The number of halogens is 1. The van der Waals surface area contributed by atoms with Crippen molar-refractivity contribution in [3.8, 4) is 0 Å². The average molecular weight is 261 g/mol. The number of nitrogens with one attached hydrogen (secondary N) is 1. The molecule has 2 fully saturated rings. The normalized spacial score (nSPS) is 30.1. The van der Waals surface area contributed by atoms with Crippen LogP contribution in [0, 0.1) is 18.7 Å². The van der Waals surface area contributed by atoms with Crippen LogP contribution in [0.5, 0.6) is 0 Å². The highest BCUT2D eigenvalue weighted by atomic mass is 19.1. The first kappa shape index (κ1) is 12.8. The first-order valence-corrected chi connectivity index (χ1v) is 7.21. The molecule has 3 rings (SSSR count). The highest BCUT2D eigenvalue weighted by Crippen LogP contribution is 2.34. The van der Waals surface area contributed by atoms with E-state index in [2.05, 4.69) is 5.32 Å². The number of benzene rings is 1. The van der Waals surface area contributed by atoms with Crippen molar-refractivity contribution in [3.63, 3.8) is 0 Å². The number of carbonyl (C=O) groups excluding carboxylic acids is 1. The number of hydrogen-bond donors (Lipinski definition) is 1. The molecule has 0 radical (unpaired) electrons. The van der Waals surface area contributed by atoms with E-state index in [-0.39, 0.29) is 17.6 Å². The summed E-state index contributed by atoms with van der Waals surface area (Å²) in [5.41, 5.74) is 1.09. The summed E-state index contributed by atoms with van der Waals surface area (Å²) in [5, 5.41) is 3.45. The minimum atomic E-state index is -0.290. The molecule has 1 aromatic rings. The summed E-state index contributed by atoms with van der Waals surface area (Å²) in [4.78, 5) is 12.4. The zero-order chi connectivity index (χ0) is 13.4. The summed E-state index contributed by atoms with van der Waals surface area (Å²) in [6, 6.07) is 5.18. The third kappa shape index (κ3) is 2.44. The maximum Gasteiger partial charge on any atom is 0.179 e. The van der Waals surface area contributed by atoms with Crippen LogP contribution in [0.15, 0.2) is 18.2 Å². The smallest absolute Gasteiger partial charge is 0.179 e. The molecule has 0 amide bonds. The number of aryl methyl sites for hydroxylation is 1. The molecule has 2 nitrogen and oxygen atoms in total. The monoisotopic (exact) mass is 261 g/mol. The van der Waals surface area contributed by atoms with Gasteiger partial charge in [0.15, 0.2) is 5.78 Å². The van der Waals surface area contributed by atoms with Crippen molar-refractivity contribution in [1.29, 1.82) is 0 Å². The van der Waals surface area contributed by atoms with Crippen LogP contribution in [-0.2, 0) is 0 Å². The van der Waals surface area contributed by atoms with Crippen molar-refractivity contribution >= 4 is 5.78 Å². The van der Waals surface area contributed by atoms with Gasteiger partial charge in [-0.3, -0.25) is 4.79 Å². The van der Waals surface area contributed by atoms with Crippen LogP contribution >= 0.6 is 0 Å². The quantitative estimate of drug-likeness (QED) is 0.828. The standard InChI is InChI=1S/C16H20FNO/c1-10-6-7-12(8-13(10)17)16(19)15-9-11-4-2-3-5-14(11)18-15/h6-8,11,14-15,18H,2-5,9H2,1H3. The molecule has 1 saturated carbocycles. The predicted octanol–water partition coefficient (Wildman–Crippen LogP) is 3.24. The Bertz CT molecular complexity index is 486. The van der Waals surface area contributed by atoms with Crippen molar-refractivity contribution in [2.45, 2.75) is 51.1 Å². The van der Waals surface area contributed by atoms with E-state index in [0.29, 0.717) is 23.1 Å². The third-order valence-corrected chi connectivity index (χ3v) is 4.64. The van der Waals surface area contributed by atoms with Gasteiger partial charge in [-0.25, -0.2) is 4.39 Å². The van der Waals surface area contributed by atoms with E-state index < -0.39 is 0 Å². The van der Waals surface area contributed by atoms with Crippen molar-refractivity contribution in [2.75, 3.05) is 0 Å². The molecule has 0 aromatic heterocycles. The van der Waals surface area contributed by atoms with E-state index in [1.54, 1.807) is 19.1 Å². The number of Topliss-reactive ketones (excluding diaryl/α,β-unsaturated/α-hetero) is 1. The van der Waals surface area contributed by atoms with Gasteiger partial charge in [-0.1, -0.05) is 25.0 Å².